The van der Waals surface area contributed by atoms with E-state index in [1.54, 1.807) is 10.8 Å². The molecule has 0 aliphatic carbocycles. The van der Waals surface area contributed by atoms with E-state index in [-0.39, 0.29) is 5.97 Å². The van der Waals surface area contributed by atoms with Crippen LogP contribution in [0.1, 0.15) is 16.1 Å². The van der Waals surface area contributed by atoms with E-state index in [1.807, 2.05) is 6.92 Å². The van der Waals surface area contributed by atoms with E-state index in [4.69, 9.17) is 0 Å². The van der Waals surface area contributed by atoms with Gasteiger partial charge in [0.1, 0.15) is 5.56 Å². The van der Waals surface area contributed by atoms with Gasteiger partial charge in [0.25, 0.3) is 0 Å². The normalized spacial score (nSPS) is 9.69. The molecule has 0 amide bonds. The summed E-state index contributed by atoms with van der Waals surface area (Å²) in [7, 11) is 1.35. The van der Waals surface area contributed by atoms with Crippen LogP contribution >= 0.6 is 0 Å². The van der Waals surface area contributed by atoms with Crippen LogP contribution in [0.25, 0.3) is 0 Å². The molecule has 0 fully saturated rings. The molecule has 13 heavy (non-hydrogen) atoms. The second-order valence-electron chi connectivity index (χ2n) is 2.61. The summed E-state index contributed by atoms with van der Waals surface area (Å²) in [5, 5.41) is 4.02. The Morgan fingerprint density at radius 2 is 2.54 bits per heavy atom. The van der Waals surface area contributed by atoms with Gasteiger partial charge in [0.05, 0.1) is 25.5 Å². The van der Waals surface area contributed by atoms with Crippen molar-refractivity contribution in [3.05, 3.63) is 30.1 Å². The van der Waals surface area contributed by atoms with Crippen molar-refractivity contribution < 1.29 is 9.53 Å². The summed E-state index contributed by atoms with van der Waals surface area (Å²) < 4.78 is 6.28. The number of carbonyl (C=O) groups is 1. The third-order valence-electron chi connectivity index (χ3n) is 1.81. The van der Waals surface area contributed by atoms with Crippen LogP contribution in [-0.4, -0.2) is 22.9 Å². The molecule has 0 unspecified atom stereocenters. The minimum atomic E-state index is -0.354. The van der Waals surface area contributed by atoms with E-state index in [9.17, 15) is 4.79 Å². The summed E-state index contributed by atoms with van der Waals surface area (Å²) in [6.45, 7) is 6.02. The summed E-state index contributed by atoms with van der Waals surface area (Å²) in [4.78, 5) is 11.2. The molecule has 70 valence electrons. The molecule has 4 heteroatoms. The highest BCUT2D eigenvalue weighted by Crippen LogP contribution is 2.08. The fourth-order valence-electron chi connectivity index (χ4n) is 1.06. The maximum atomic E-state index is 11.2. The van der Waals surface area contributed by atoms with Crippen LogP contribution in [0.2, 0.25) is 0 Å². The number of methoxy groups -OCH3 is 1. The summed E-state index contributed by atoms with van der Waals surface area (Å²) in [5.41, 5.74) is 1.30. The van der Waals surface area contributed by atoms with E-state index in [0.29, 0.717) is 12.1 Å². The van der Waals surface area contributed by atoms with Gasteiger partial charge in [-0.1, -0.05) is 6.08 Å². The Morgan fingerprint density at radius 3 is 3.08 bits per heavy atom. The maximum absolute atomic E-state index is 11.2. The molecule has 0 saturated carbocycles. The summed E-state index contributed by atoms with van der Waals surface area (Å²) >= 11 is 0. The third-order valence-corrected chi connectivity index (χ3v) is 1.81. The van der Waals surface area contributed by atoms with Crippen LogP contribution in [0.15, 0.2) is 18.9 Å². The second kappa shape index (κ2) is 3.89. The Kier molecular flexibility index (Phi) is 2.84. The number of allylic oxidation sites excluding steroid dienone is 1. The van der Waals surface area contributed by atoms with Crippen LogP contribution in [0.3, 0.4) is 0 Å². The standard InChI is InChI=1S/C9H12N2O2/c1-4-5-11-7(2)8(6-10-11)9(12)13-3/h4,6H,1,5H2,2-3H3. The lowest BCUT2D eigenvalue weighted by atomic mass is 10.3. The average Bonchev–Trinajstić information content (AvgIpc) is 2.48. The Labute approximate surface area is 76.8 Å². The molecule has 1 aromatic rings. The van der Waals surface area contributed by atoms with Crippen LogP contribution in [0.4, 0.5) is 0 Å². The van der Waals surface area contributed by atoms with E-state index < -0.39 is 0 Å². The number of ether oxygens (including phenoxy) is 1. The first-order valence-electron chi connectivity index (χ1n) is 3.92. The molecular formula is C9H12N2O2. The molecule has 0 atom stereocenters. The topological polar surface area (TPSA) is 44.1 Å². The number of aromatic nitrogens is 2. The van der Waals surface area contributed by atoms with E-state index >= 15 is 0 Å². The molecule has 0 N–H and O–H groups in total. The number of rotatable bonds is 3. The van der Waals surface area contributed by atoms with Gasteiger partial charge in [0, 0.05) is 0 Å². The highest BCUT2D eigenvalue weighted by atomic mass is 16.5. The molecule has 0 aromatic carbocycles. The van der Waals surface area contributed by atoms with Crippen molar-refractivity contribution in [3.8, 4) is 0 Å². The molecule has 0 radical (unpaired) electrons. The highest BCUT2D eigenvalue weighted by molar-refractivity contribution is 5.90. The zero-order valence-electron chi connectivity index (χ0n) is 7.78. The van der Waals surface area contributed by atoms with Crippen LogP contribution in [-0.2, 0) is 11.3 Å². The summed E-state index contributed by atoms with van der Waals surface area (Å²) in [6.07, 6.45) is 3.23. The molecule has 0 aliphatic heterocycles. The summed E-state index contributed by atoms with van der Waals surface area (Å²) in [6, 6.07) is 0. The van der Waals surface area contributed by atoms with E-state index in [1.165, 1.54) is 13.3 Å². The molecule has 0 bridgehead atoms. The van der Waals surface area contributed by atoms with Crippen molar-refractivity contribution in [2.45, 2.75) is 13.5 Å². The molecule has 0 spiro atoms. The zero-order chi connectivity index (χ0) is 9.84. The van der Waals surface area contributed by atoms with Gasteiger partial charge in [-0.05, 0) is 6.92 Å². The lowest BCUT2D eigenvalue weighted by Gasteiger charge is -2.00. The number of hydrogen-bond donors (Lipinski definition) is 0. The van der Waals surface area contributed by atoms with Gasteiger partial charge < -0.3 is 4.74 Å². The lowest BCUT2D eigenvalue weighted by molar-refractivity contribution is 0.0600. The lowest BCUT2D eigenvalue weighted by Crippen LogP contribution is -2.05. The number of nitrogens with zero attached hydrogens (tertiary/aromatic N) is 2. The van der Waals surface area contributed by atoms with Crippen molar-refractivity contribution in [1.82, 2.24) is 9.78 Å². The van der Waals surface area contributed by atoms with E-state index in [0.717, 1.165) is 5.69 Å². The Bertz CT molecular complexity index is 328. The molecule has 1 heterocycles. The second-order valence-corrected chi connectivity index (χ2v) is 2.61. The van der Waals surface area contributed by atoms with Gasteiger partial charge >= 0.3 is 5.97 Å². The fourth-order valence-corrected chi connectivity index (χ4v) is 1.06. The van der Waals surface area contributed by atoms with Gasteiger partial charge in [0.2, 0.25) is 0 Å². The summed E-state index contributed by atoms with van der Waals surface area (Å²) in [5.74, 6) is -0.354. The predicted octanol–water partition coefficient (Wildman–Crippen LogP) is 1.16. The average molecular weight is 180 g/mol. The Morgan fingerprint density at radius 1 is 1.85 bits per heavy atom. The largest absolute Gasteiger partial charge is 0.465 e. The first kappa shape index (κ1) is 9.51. The van der Waals surface area contributed by atoms with Gasteiger partial charge in [-0.25, -0.2) is 4.79 Å². The predicted molar refractivity (Wildman–Crippen MR) is 48.5 cm³/mol. The smallest absolute Gasteiger partial charge is 0.341 e. The van der Waals surface area contributed by atoms with Crippen molar-refractivity contribution in [1.29, 1.82) is 0 Å². The highest BCUT2D eigenvalue weighted by Gasteiger charge is 2.13. The Hall–Kier alpha value is -1.58. The zero-order valence-corrected chi connectivity index (χ0v) is 7.78. The first-order chi connectivity index (χ1) is 6.20. The molecular weight excluding hydrogens is 168 g/mol. The van der Waals surface area contributed by atoms with Crippen LogP contribution < -0.4 is 0 Å². The van der Waals surface area contributed by atoms with Gasteiger partial charge in [0.15, 0.2) is 0 Å². The van der Waals surface area contributed by atoms with Gasteiger partial charge in [-0.2, -0.15) is 5.10 Å². The number of esters is 1. The Balaban J connectivity index is 2.98. The molecule has 1 aromatic heterocycles. The quantitative estimate of drug-likeness (QED) is 0.518. The van der Waals surface area contributed by atoms with Crippen LogP contribution in [0, 0.1) is 6.92 Å². The van der Waals surface area contributed by atoms with Crippen molar-refractivity contribution in [2.24, 2.45) is 0 Å². The van der Waals surface area contributed by atoms with Crippen LogP contribution in [0.5, 0.6) is 0 Å². The van der Waals surface area contributed by atoms with Crippen molar-refractivity contribution in [2.75, 3.05) is 7.11 Å². The van der Waals surface area contributed by atoms with E-state index in [2.05, 4.69) is 16.4 Å². The molecule has 0 saturated heterocycles. The third kappa shape index (κ3) is 1.77. The first-order valence-corrected chi connectivity index (χ1v) is 3.92. The molecule has 1 rings (SSSR count). The molecule has 0 aliphatic rings. The minimum Gasteiger partial charge on any atom is -0.465 e. The maximum Gasteiger partial charge on any atom is 0.341 e. The van der Waals surface area contributed by atoms with Crippen molar-refractivity contribution in [3.63, 3.8) is 0 Å². The molecule has 4 nitrogen and oxygen atoms in total. The fraction of sp³-hybridized carbons (Fsp3) is 0.333. The number of carbonyl (C=O) groups excluding carboxylic acids is 1. The van der Waals surface area contributed by atoms with Gasteiger partial charge in [-0.15, -0.1) is 6.58 Å². The number of hydrogen-bond acceptors (Lipinski definition) is 3. The minimum absolute atomic E-state index is 0.354. The monoisotopic (exact) mass is 180 g/mol. The van der Waals surface area contributed by atoms with Gasteiger partial charge in [-0.3, -0.25) is 4.68 Å². The SMILES string of the molecule is C=CCn1ncc(C(=O)OC)c1C. The van der Waals surface area contributed by atoms with Crippen molar-refractivity contribution >= 4 is 5.97 Å².